The first kappa shape index (κ1) is 16.4. The Morgan fingerprint density at radius 2 is 1.95 bits per heavy atom. The highest BCUT2D eigenvalue weighted by atomic mass is 16.1. The number of amides is 1. The Balaban J connectivity index is 2.46. The van der Waals surface area contributed by atoms with Crippen LogP contribution in [0, 0.1) is 0 Å². The van der Waals surface area contributed by atoms with Crippen molar-refractivity contribution in [2.24, 2.45) is 0 Å². The van der Waals surface area contributed by atoms with Gasteiger partial charge in [0, 0.05) is 19.6 Å². The zero-order chi connectivity index (χ0) is 14.8. The molecule has 1 aromatic heterocycles. The SMILES string of the molecule is CCCNc1cncc(C(=O)NCCN(CC)CC)n1. The largest absolute Gasteiger partial charge is 0.369 e. The number of hydrogen-bond donors (Lipinski definition) is 2. The fraction of sp³-hybridized carbons (Fsp3) is 0.643. The first-order valence-corrected chi connectivity index (χ1v) is 7.27. The number of aromatic nitrogens is 2. The molecule has 6 nitrogen and oxygen atoms in total. The summed E-state index contributed by atoms with van der Waals surface area (Å²) in [5.74, 6) is 0.466. The van der Waals surface area contributed by atoms with E-state index in [2.05, 4.69) is 46.3 Å². The van der Waals surface area contributed by atoms with Crippen molar-refractivity contribution in [3.05, 3.63) is 18.1 Å². The third-order valence-corrected chi connectivity index (χ3v) is 3.03. The van der Waals surface area contributed by atoms with Crippen molar-refractivity contribution in [2.45, 2.75) is 27.2 Å². The molecule has 1 heterocycles. The Morgan fingerprint density at radius 3 is 2.60 bits per heavy atom. The molecule has 6 heteroatoms. The van der Waals surface area contributed by atoms with Crippen LogP contribution in [0.1, 0.15) is 37.7 Å². The second-order valence-electron chi connectivity index (χ2n) is 4.50. The summed E-state index contributed by atoms with van der Waals surface area (Å²) in [5, 5.41) is 5.99. The molecule has 1 rings (SSSR count). The standard InChI is InChI=1S/C14H25N5O/c1-4-7-16-13-11-15-10-12(18-13)14(20)17-8-9-19(5-2)6-3/h10-11H,4-9H2,1-3H3,(H,16,18)(H,17,20). The highest BCUT2D eigenvalue weighted by molar-refractivity contribution is 5.92. The second kappa shape index (κ2) is 9.25. The van der Waals surface area contributed by atoms with E-state index in [0.717, 1.165) is 32.6 Å². The zero-order valence-electron chi connectivity index (χ0n) is 12.6. The minimum Gasteiger partial charge on any atom is -0.369 e. The zero-order valence-corrected chi connectivity index (χ0v) is 12.6. The number of carbonyl (C=O) groups is 1. The highest BCUT2D eigenvalue weighted by Gasteiger charge is 2.08. The van der Waals surface area contributed by atoms with E-state index in [4.69, 9.17) is 0 Å². The number of anilines is 1. The third-order valence-electron chi connectivity index (χ3n) is 3.03. The van der Waals surface area contributed by atoms with E-state index in [1.54, 1.807) is 6.20 Å². The summed E-state index contributed by atoms with van der Waals surface area (Å²) in [6, 6.07) is 0. The van der Waals surface area contributed by atoms with Crippen molar-refractivity contribution >= 4 is 11.7 Å². The third kappa shape index (κ3) is 5.52. The van der Waals surface area contributed by atoms with E-state index in [1.807, 2.05) is 0 Å². The van der Waals surface area contributed by atoms with E-state index in [-0.39, 0.29) is 5.91 Å². The first-order chi connectivity index (χ1) is 9.71. The van der Waals surface area contributed by atoms with Crippen LogP contribution in [0.3, 0.4) is 0 Å². The van der Waals surface area contributed by atoms with E-state index < -0.39 is 0 Å². The number of carbonyl (C=O) groups excluding carboxylic acids is 1. The van der Waals surface area contributed by atoms with Crippen molar-refractivity contribution in [2.75, 3.05) is 38.0 Å². The van der Waals surface area contributed by atoms with Gasteiger partial charge in [-0.2, -0.15) is 0 Å². The fourth-order valence-corrected chi connectivity index (χ4v) is 1.77. The molecule has 20 heavy (non-hydrogen) atoms. The van der Waals surface area contributed by atoms with Crippen LogP contribution in [0.4, 0.5) is 5.82 Å². The summed E-state index contributed by atoms with van der Waals surface area (Å²) in [6.07, 6.45) is 4.12. The van der Waals surface area contributed by atoms with Gasteiger partial charge in [0.25, 0.3) is 5.91 Å². The van der Waals surface area contributed by atoms with Gasteiger partial charge in [-0.05, 0) is 19.5 Å². The molecule has 0 spiro atoms. The van der Waals surface area contributed by atoms with E-state index in [0.29, 0.717) is 18.1 Å². The normalized spacial score (nSPS) is 10.6. The molecular formula is C14H25N5O. The quantitative estimate of drug-likeness (QED) is 0.714. The van der Waals surface area contributed by atoms with E-state index >= 15 is 0 Å². The molecule has 0 saturated carbocycles. The average molecular weight is 279 g/mol. The topological polar surface area (TPSA) is 70.2 Å². The van der Waals surface area contributed by atoms with Crippen molar-refractivity contribution in [1.29, 1.82) is 0 Å². The molecule has 1 aromatic rings. The van der Waals surface area contributed by atoms with Gasteiger partial charge in [-0.15, -0.1) is 0 Å². The summed E-state index contributed by atoms with van der Waals surface area (Å²) in [4.78, 5) is 22.5. The minimum atomic E-state index is -0.176. The molecule has 1 amide bonds. The van der Waals surface area contributed by atoms with Crippen LogP contribution in [0.2, 0.25) is 0 Å². The van der Waals surface area contributed by atoms with Gasteiger partial charge in [0.15, 0.2) is 0 Å². The number of nitrogens with zero attached hydrogens (tertiary/aromatic N) is 3. The molecule has 0 unspecified atom stereocenters. The molecule has 0 aromatic carbocycles. The monoisotopic (exact) mass is 279 g/mol. The van der Waals surface area contributed by atoms with Crippen LogP contribution < -0.4 is 10.6 Å². The van der Waals surface area contributed by atoms with Gasteiger partial charge in [-0.3, -0.25) is 9.78 Å². The highest BCUT2D eigenvalue weighted by Crippen LogP contribution is 2.02. The summed E-state index contributed by atoms with van der Waals surface area (Å²) in [5.41, 5.74) is 0.352. The molecule has 0 aliphatic heterocycles. The predicted octanol–water partition coefficient (Wildman–Crippen LogP) is 1.37. The summed E-state index contributed by atoms with van der Waals surface area (Å²) >= 11 is 0. The van der Waals surface area contributed by atoms with Crippen molar-refractivity contribution in [1.82, 2.24) is 20.2 Å². The van der Waals surface area contributed by atoms with Crippen molar-refractivity contribution in [3.63, 3.8) is 0 Å². The molecule has 0 bridgehead atoms. The van der Waals surface area contributed by atoms with Crippen LogP contribution >= 0.6 is 0 Å². The van der Waals surface area contributed by atoms with Crippen molar-refractivity contribution in [3.8, 4) is 0 Å². The van der Waals surface area contributed by atoms with Gasteiger partial charge in [0.05, 0.1) is 12.4 Å². The fourth-order valence-electron chi connectivity index (χ4n) is 1.77. The van der Waals surface area contributed by atoms with Gasteiger partial charge >= 0.3 is 0 Å². The van der Waals surface area contributed by atoms with Crippen LogP contribution in [0.15, 0.2) is 12.4 Å². The van der Waals surface area contributed by atoms with Gasteiger partial charge in [-0.1, -0.05) is 20.8 Å². The second-order valence-corrected chi connectivity index (χ2v) is 4.50. The number of hydrogen-bond acceptors (Lipinski definition) is 5. The Labute approximate surface area is 121 Å². The van der Waals surface area contributed by atoms with E-state index in [1.165, 1.54) is 6.20 Å². The lowest BCUT2D eigenvalue weighted by molar-refractivity contribution is 0.0943. The van der Waals surface area contributed by atoms with Gasteiger partial charge < -0.3 is 15.5 Å². The molecule has 0 radical (unpaired) electrons. The lowest BCUT2D eigenvalue weighted by Crippen LogP contribution is -2.35. The Morgan fingerprint density at radius 1 is 1.20 bits per heavy atom. The molecule has 0 saturated heterocycles. The maximum absolute atomic E-state index is 12.0. The molecular weight excluding hydrogens is 254 g/mol. The molecule has 0 atom stereocenters. The summed E-state index contributed by atoms with van der Waals surface area (Å²) < 4.78 is 0. The molecule has 112 valence electrons. The lowest BCUT2D eigenvalue weighted by Gasteiger charge is -2.17. The minimum absolute atomic E-state index is 0.176. The van der Waals surface area contributed by atoms with Gasteiger partial charge in [-0.25, -0.2) is 4.98 Å². The average Bonchev–Trinajstić information content (AvgIpc) is 2.49. The smallest absolute Gasteiger partial charge is 0.271 e. The number of rotatable bonds is 9. The molecule has 0 fully saturated rings. The van der Waals surface area contributed by atoms with Crippen LogP contribution in [-0.2, 0) is 0 Å². The maximum atomic E-state index is 12.0. The Bertz CT molecular complexity index is 406. The Kier molecular flexibility index (Phi) is 7.57. The predicted molar refractivity (Wildman–Crippen MR) is 80.9 cm³/mol. The van der Waals surface area contributed by atoms with Crippen LogP contribution in [0.5, 0.6) is 0 Å². The number of likely N-dealkylation sites (N-methyl/N-ethyl adjacent to an activating group) is 1. The first-order valence-electron chi connectivity index (χ1n) is 7.27. The molecule has 0 aliphatic rings. The number of nitrogens with one attached hydrogen (secondary N) is 2. The van der Waals surface area contributed by atoms with Gasteiger partial charge in [0.2, 0.25) is 0 Å². The van der Waals surface area contributed by atoms with Crippen molar-refractivity contribution < 1.29 is 4.79 Å². The van der Waals surface area contributed by atoms with E-state index in [9.17, 15) is 4.79 Å². The van der Waals surface area contributed by atoms with Crippen LogP contribution in [-0.4, -0.2) is 53.5 Å². The van der Waals surface area contributed by atoms with Crippen LogP contribution in [0.25, 0.3) is 0 Å². The molecule has 2 N–H and O–H groups in total. The Hall–Kier alpha value is -1.69. The van der Waals surface area contributed by atoms with Gasteiger partial charge in [0.1, 0.15) is 11.5 Å². The molecule has 0 aliphatic carbocycles. The summed E-state index contributed by atoms with van der Waals surface area (Å²) in [7, 11) is 0. The lowest BCUT2D eigenvalue weighted by atomic mass is 10.4. The summed E-state index contributed by atoms with van der Waals surface area (Å²) in [6.45, 7) is 10.6. The maximum Gasteiger partial charge on any atom is 0.271 e.